The Bertz CT molecular complexity index is 430. The van der Waals surface area contributed by atoms with E-state index in [4.69, 9.17) is 0 Å². The summed E-state index contributed by atoms with van der Waals surface area (Å²) in [4.78, 5) is 8.62. The van der Waals surface area contributed by atoms with Crippen LogP contribution in [0.25, 0.3) is 11.0 Å². The highest BCUT2D eigenvalue weighted by atomic mass is 15.1. The number of fused-ring (bicyclic) bond motifs is 3. The molecule has 0 aliphatic carbocycles. The van der Waals surface area contributed by atoms with E-state index >= 15 is 0 Å². The molecular weight excluding hydrogens is 150 g/mol. The van der Waals surface area contributed by atoms with Crippen molar-refractivity contribution < 1.29 is 0 Å². The van der Waals surface area contributed by atoms with Crippen molar-refractivity contribution in [2.75, 3.05) is 0 Å². The zero-order valence-corrected chi connectivity index (χ0v) is 6.70. The predicted molar refractivity (Wildman–Crippen MR) is 45.8 cm³/mol. The lowest BCUT2D eigenvalue weighted by Gasteiger charge is -1.95. The summed E-state index contributed by atoms with van der Waals surface area (Å²) in [7, 11) is 0. The number of pyridine rings is 1. The molecule has 0 N–H and O–H groups in total. The van der Waals surface area contributed by atoms with E-state index in [9.17, 15) is 0 Å². The monoisotopic (exact) mass is 159 g/mol. The van der Waals surface area contributed by atoms with Crippen molar-refractivity contribution in [3.8, 4) is 0 Å². The molecule has 0 atom stereocenters. The molecule has 0 radical (unpaired) electrons. The maximum atomic E-state index is 4.52. The van der Waals surface area contributed by atoms with Crippen LogP contribution in [-0.4, -0.2) is 14.5 Å². The number of aryl methyl sites for hydroxylation is 2. The smallest absolute Gasteiger partial charge is 0.109 e. The van der Waals surface area contributed by atoms with E-state index in [1.54, 1.807) is 6.20 Å². The van der Waals surface area contributed by atoms with E-state index in [2.05, 4.69) is 14.5 Å². The standard InChI is InChI=1S/C9H9N3/c1-2-9-11-7-3-4-10-6-8(7)12(9)5-1/h3-4,6H,1-2,5H2. The average Bonchev–Trinajstić information content (AvgIpc) is 2.62. The summed E-state index contributed by atoms with van der Waals surface area (Å²) in [5.41, 5.74) is 2.27. The molecule has 0 unspecified atom stereocenters. The Morgan fingerprint density at radius 3 is 3.42 bits per heavy atom. The van der Waals surface area contributed by atoms with E-state index in [0.29, 0.717) is 0 Å². The highest BCUT2D eigenvalue weighted by Gasteiger charge is 2.14. The van der Waals surface area contributed by atoms with Crippen LogP contribution in [0.2, 0.25) is 0 Å². The predicted octanol–water partition coefficient (Wildman–Crippen LogP) is 1.38. The molecule has 0 spiro atoms. The quantitative estimate of drug-likeness (QED) is 0.581. The summed E-state index contributed by atoms with van der Waals surface area (Å²) in [5.74, 6) is 1.22. The molecule has 0 amide bonds. The Labute approximate surface area is 70.1 Å². The van der Waals surface area contributed by atoms with Crippen LogP contribution in [0.1, 0.15) is 12.2 Å². The maximum Gasteiger partial charge on any atom is 0.109 e. The first-order valence-corrected chi connectivity index (χ1v) is 4.24. The van der Waals surface area contributed by atoms with Crippen LogP contribution in [0.3, 0.4) is 0 Å². The summed E-state index contributed by atoms with van der Waals surface area (Å²) in [5, 5.41) is 0. The van der Waals surface area contributed by atoms with E-state index in [0.717, 1.165) is 18.5 Å². The van der Waals surface area contributed by atoms with Gasteiger partial charge in [-0.2, -0.15) is 0 Å². The minimum atomic E-state index is 1.08. The van der Waals surface area contributed by atoms with Gasteiger partial charge in [0.15, 0.2) is 0 Å². The Hall–Kier alpha value is -1.38. The van der Waals surface area contributed by atoms with Crippen molar-refractivity contribution in [3.63, 3.8) is 0 Å². The molecule has 0 fully saturated rings. The maximum absolute atomic E-state index is 4.52. The topological polar surface area (TPSA) is 30.7 Å². The Morgan fingerprint density at radius 1 is 1.42 bits per heavy atom. The number of imidazole rings is 1. The van der Waals surface area contributed by atoms with Gasteiger partial charge >= 0.3 is 0 Å². The Morgan fingerprint density at radius 2 is 2.42 bits per heavy atom. The second kappa shape index (κ2) is 2.06. The number of nitrogens with zero attached hydrogens (tertiary/aromatic N) is 3. The highest BCUT2D eigenvalue weighted by Crippen LogP contribution is 2.21. The Balaban J connectivity index is 2.44. The van der Waals surface area contributed by atoms with Gasteiger partial charge in [0.05, 0.1) is 17.2 Å². The molecule has 2 aromatic heterocycles. The molecule has 1 aliphatic heterocycles. The number of hydrogen-bond donors (Lipinski definition) is 0. The minimum Gasteiger partial charge on any atom is -0.327 e. The second-order valence-corrected chi connectivity index (χ2v) is 3.15. The zero-order chi connectivity index (χ0) is 7.97. The van der Waals surface area contributed by atoms with Crippen LogP contribution in [-0.2, 0) is 13.0 Å². The van der Waals surface area contributed by atoms with Gasteiger partial charge in [0, 0.05) is 19.2 Å². The molecule has 0 saturated heterocycles. The van der Waals surface area contributed by atoms with Gasteiger partial charge in [-0.05, 0) is 12.5 Å². The first-order valence-electron chi connectivity index (χ1n) is 4.24. The lowest BCUT2D eigenvalue weighted by molar-refractivity contribution is 0.770. The van der Waals surface area contributed by atoms with E-state index in [-0.39, 0.29) is 0 Å². The fraction of sp³-hybridized carbons (Fsp3) is 0.333. The van der Waals surface area contributed by atoms with Crippen LogP contribution in [0.4, 0.5) is 0 Å². The third-order valence-electron chi connectivity index (χ3n) is 2.41. The van der Waals surface area contributed by atoms with Gasteiger partial charge in [-0.3, -0.25) is 4.98 Å². The van der Waals surface area contributed by atoms with Crippen molar-refractivity contribution in [2.24, 2.45) is 0 Å². The number of hydrogen-bond acceptors (Lipinski definition) is 2. The molecular formula is C9H9N3. The third-order valence-corrected chi connectivity index (χ3v) is 2.41. The van der Waals surface area contributed by atoms with Gasteiger partial charge in [-0.15, -0.1) is 0 Å². The van der Waals surface area contributed by atoms with E-state index in [1.165, 1.54) is 17.8 Å². The minimum absolute atomic E-state index is 1.08. The molecule has 2 aromatic rings. The normalized spacial score (nSPS) is 15.3. The molecule has 0 aromatic carbocycles. The fourth-order valence-electron chi connectivity index (χ4n) is 1.86. The lowest BCUT2D eigenvalue weighted by Crippen LogP contribution is -1.90. The SMILES string of the molecule is c1cc2nc3n(c2cn1)CCC3. The summed E-state index contributed by atoms with van der Waals surface area (Å²) >= 11 is 0. The van der Waals surface area contributed by atoms with E-state index < -0.39 is 0 Å². The largest absolute Gasteiger partial charge is 0.327 e. The third kappa shape index (κ3) is 0.656. The molecule has 12 heavy (non-hydrogen) atoms. The second-order valence-electron chi connectivity index (χ2n) is 3.15. The van der Waals surface area contributed by atoms with Gasteiger partial charge in [-0.1, -0.05) is 0 Å². The highest BCUT2D eigenvalue weighted by molar-refractivity contribution is 5.74. The number of aromatic nitrogens is 3. The van der Waals surface area contributed by atoms with Crippen molar-refractivity contribution in [1.29, 1.82) is 0 Å². The summed E-state index contributed by atoms with van der Waals surface area (Å²) in [6, 6.07) is 1.97. The van der Waals surface area contributed by atoms with Crippen LogP contribution >= 0.6 is 0 Å². The first kappa shape index (κ1) is 6.17. The van der Waals surface area contributed by atoms with Crippen LogP contribution in [0.15, 0.2) is 18.5 Å². The lowest BCUT2D eigenvalue weighted by atomic mass is 10.3. The van der Waals surface area contributed by atoms with Gasteiger partial charge in [0.1, 0.15) is 5.82 Å². The molecule has 3 nitrogen and oxygen atoms in total. The number of rotatable bonds is 0. The Kier molecular flexibility index (Phi) is 1.06. The van der Waals surface area contributed by atoms with Gasteiger partial charge in [-0.25, -0.2) is 4.98 Å². The molecule has 60 valence electrons. The van der Waals surface area contributed by atoms with Crippen molar-refractivity contribution in [3.05, 3.63) is 24.3 Å². The molecule has 1 aliphatic rings. The van der Waals surface area contributed by atoms with Crippen molar-refractivity contribution in [1.82, 2.24) is 14.5 Å². The molecule has 0 bridgehead atoms. The molecule has 3 rings (SSSR count). The van der Waals surface area contributed by atoms with Crippen LogP contribution in [0.5, 0.6) is 0 Å². The molecule has 0 saturated carbocycles. The van der Waals surface area contributed by atoms with Gasteiger partial charge < -0.3 is 4.57 Å². The zero-order valence-electron chi connectivity index (χ0n) is 6.70. The molecule has 3 heterocycles. The fourth-order valence-corrected chi connectivity index (χ4v) is 1.86. The summed E-state index contributed by atoms with van der Waals surface area (Å²) < 4.78 is 2.27. The van der Waals surface area contributed by atoms with Crippen molar-refractivity contribution in [2.45, 2.75) is 19.4 Å². The van der Waals surface area contributed by atoms with E-state index in [1.807, 2.05) is 12.3 Å². The van der Waals surface area contributed by atoms with Gasteiger partial charge in [0.2, 0.25) is 0 Å². The van der Waals surface area contributed by atoms with Crippen LogP contribution < -0.4 is 0 Å². The van der Waals surface area contributed by atoms with Gasteiger partial charge in [0.25, 0.3) is 0 Å². The van der Waals surface area contributed by atoms with Crippen LogP contribution in [0, 0.1) is 0 Å². The summed E-state index contributed by atoms with van der Waals surface area (Å²) in [6.45, 7) is 1.11. The average molecular weight is 159 g/mol. The first-order chi connectivity index (χ1) is 5.95. The summed E-state index contributed by atoms with van der Waals surface area (Å²) in [6.07, 6.45) is 6.05. The van der Waals surface area contributed by atoms with Crippen molar-refractivity contribution >= 4 is 11.0 Å². The molecule has 3 heteroatoms.